The standard InChI is InChI=1S/C12H13BrN2O2/c1-16-8-4-5-10(13)9(7-8)12(15-14)11-3-2-6-17-11/h2-7,12,15H,14H2,1H3. The number of halogens is 1. The second kappa shape index (κ2) is 5.35. The largest absolute Gasteiger partial charge is 0.497 e. The highest BCUT2D eigenvalue weighted by atomic mass is 79.9. The van der Waals surface area contributed by atoms with Gasteiger partial charge in [-0.1, -0.05) is 15.9 Å². The summed E-state index contributed by atoms with van der Waals surface area (Å²) in [7, 11) is 1.63. The zero-order valence-corrected chi connectivity index (χ0v) is 10.9. The summed E-state index contributed by atoms with van der Waals surface area (Å²) >= 11 is 3.49. The molecule has 0 saturated carbocycles. The van der Waals surface area contributed by atoms with E-state index in [-0.39, 0.29) is 6.04 Å². The van der Waals surface area contributed by atoms with Crippen molar-refractivity contribution in [2.24, 2.45) is 5.84 Å². The quantitative estimate of drug-likeness (QED) is 0.672. The van der Waals surface area contributed by atoms with Crippen molar-refractivity contribution in [1.29, 1.82) is 0 Å². The van der Waals surface area contributed by atoms with E-state index in [2.05, 4.69) is 21.4 Å². The van der Waals surface area contributed by atoms with Gasteiger partial charge in [0.25, 0.3) is 0 Å². The maximum absolute atomic E-state index is 5.58. The van der Waals surface area contributed by atoms with Gasteiger partial charge in [-0.2, -0.15) is 0 Å². The van der Waals surface area contributed by atoms with Crippen LogP contribution in [0, 0.1) is 0 Å². The van der Waals surface area contributed by atoms with Crippen LogP contribution in [0.5, 0.6) is 5.75 Å². The minimum atomic E-state index is -0.213. The van der Waals surface area contributed by atoms with Gasteiger partial charge in [0.2, 0.25) is 0 Å². The third kappa shape index (κ3) is 2.52. The molecule has 0 fully saturated rings. The van der Waals surface area contributed by atoms with Gasteiger partial charge in [0, 0.05) is 4.47 Å². The van der Waals surface area contributed by atoms with Gasteiger partial charge in [-0.15, -0.1) is 0 Å². The van der Waals surface area contributed by atoms with Crippen LogP contribution in [0.4, 0.5) is 0 Å². The van der Waals surface area contributed by atoms with Gasteiger partial charge in [-0.05, 0) is 35.9 Å². The number of nitrogens with one attached hydrogen (secondary N) is 1. The van der Waals surface area contributed by atoms with E-state index >= 15 is 0 Å². The average Bonchev–Trinajstić information content (AvgIpc) is 2.86. The maximum atomic E-state index is 5.58. The van der Waals surface area contributed by atoms with E-state index in [1.807, 2.05) is 30.3 Å². The van der Waals surface area contributed by atoms with Crippen molar-refractivity contribution in [2.45, 2.75) is 6.04 Å². The first kappa shape index (κ1) is 12.2. The molecule has 17 heavy (non-hydrogen) atoms. The van der Waals surface area contributed by atoms with E-state index in [4.69, 9.17) is 15.0 Å². The van der Waals surface area contributed by atoms with Crippen LogP contribution in [0.25, 0.3) is 0 Å². The zero-order valence-electron chi connectivity index (χ0n) is 9.31. The summed E-state index contributed by atoms with van der Waals surface area (Å²) < 4.78 is 11.5. The lowest BCUT2D eigenvalue weighted by atomic mass is 10.1. The monoisotopic (exact) mass is 296 g/mol. The van der Waals surface area contributed by atoms with E-state index in [9.17, 15) is 0 Å². The van der Waals surface area contributed by atoms with E-state index in [0.717, 1.165) is 21.5 Å². The minimum absolute atomic E-state index is 0.213. The van der Waals surface area contributed by atoms with Crippen LogP contribution >= 0.6 is 15.9 Å². The molecule has 5 heteroatoms. The number of hydrazine groups is 1. The highest BCUT2D eigenvalue weighted by Crippen LogP contribution is 2.31. The predicted octanol–water partition coefficient (Wildman–Crippen LogP) is 2.60. The van der Waals surface area contributed by atoms with Gasteiger partial charge in [0.05, 0.1) is 13.4 Å². The summed E-state index contributed by atoms with van der Waals surface area (Å²) in [6, 6.07) is 9.20. The molecule has 0 radical (unpaired) electrons. The third-order valence-corrected chi connectivity index (χ3v) is 3.23. The van der Waals surface area contributed by atoms with Crippen molar-refractivity contribution in [3.8, 4) is 5.75 Å². The maximum Gasteiger partial charge on any atom is 0.126 e. The van der Waals surface area contributed by atoms with Gasteiger partial charge in [-0.25, -0.2) is 5.43 Å². The molecule has 1 aromatic heterocycles. The topological polar surface area (TPSA) is 60.4 Å². The fraction of sp³-hybridized carbons (Fsp3) is 0.167. The molecule has 2 rings (SSSR count). The molecular formula is C12H13BrN2O2. The number of rotatable bonds is 4. The molecule has 1 aromatic carbocycles. The summed E-state index contributed by atoms with van der Waals surface area (Å²) in [6.07, 6.45) is 1.62. The van der Waals surface area contributed by atoms with Gasteiger partial charge in [0.1, 0.15) is 17.6 Å². The summed E-state index contributed by atoms with van der Waals surface area (Å²) in [6.45, 7) is 0. The summed E-state index contributed by atoms with van der Waals surface area (Å²) in [5.41, 5.74) is 3.69. The van der Waals surface area contributed by atoms with Gasteiger partial charge < -0.3 is 9.15 Å². The summed E-state index contributed by atoms with van der Waals surface area (Å²) in [5, 5.41) is 0. The van der Waals surface area contributed by atoms with Gasteiger partial charge >= 0.3 is 0 Å². The summed E-state index contributed by atoms with van der Waals surface area (Å²) in [4.78, 5) is 0. The highest BCUT2D eigenvalue weighted by Gasteiger charge is 2.18. The second-order valence-corrected chi connectivity index (χ2v) is 4.36. The number of hydrogen-bond donors (Lipinski definition) is 2. The van der Waals surface area contributed by atoms with Crippen molar-refractivity contribution >= 4 is 15.9 Å². The lowest BCUT2D eigenvalue weighted by Crippen LogP contribution is -2.28. The van der Waals surface area contributed by atoms with Crippen molar-refractivity contribution in [3.63, 3.8) is 0 Å². The molecule has 4 nitrogen and oxygen atoms in total. The van der Waals surface area contributed by atoms with E-state index in [0.29, 0.717) is 0 Å². The Morgan fingerprint density at radius 2 is 2.24 bits per heavy atom. The molecular weight excluding hydrogens is 284 g/mol. The van der Waals surface area contributed by atoms with E-state index in [1.165, 1.54) is 0 Å². The van der Waals surface area contributed by atoms with Gasteiger partial charge in [-0.3, -0.25) is 5.84 Å². The van der Waals surface area contributed by atoms with Gasteiger partial charge in [0.15, 0.2) is 0 Å². The SMILES string of the molecule is COc1ccc(Br)c(C(NN)c2ccco2)c1. The Bertz CT molecular complexity index is 485. The Morgan fingerprint density at radius 1 is 1.41 bits per heavy atom. The Balaban J connectivity index is 2.43. The van der Waals surface area contributed by atoms with Crippen LogP contribution in [-0.4, -0.2) is 7.11 Å². The molecule has 0 amide bonds. The molecule has 1 atom stereocenters. The number of ether oxygens (including phenoxy) is 1. The van der Waals surface area contributed by atoms with Crippen molar-refractivity contribution in [1.82, 2.24) is 5.43 Å². The van der Waals surface area contributed by atoms with Crippen molar-refractivity contribution in [2.75, 3.05) is 7.11 Å². The molecule has 0 bridgehead atoms. The smallest absolute Gasteiger partial charge is 0.126 e. The molecule has 0 saturated heterocycles. The Labute approximate surface area is 108 Å². The molecule has 2 aromatic rings. The lowest BCUT2D eigenvalue weighted by molar-refractivity contribution is 0.411. The first-order valence-electron chi connectivity index (χ1n) is 5.09. The van der Waals surface area contributed by atoms with E-state index in [1.54, 1.807) is 13.4 Å². The fourth-order valence-electron chi connectivity index (χ4n) is 1.65. The number of hydrogen-bond acceptors (Lipinski definition) is 4. The minimum Gasteiger partial charge on any atom is -0.497 e. The normalized spacial score (nSPS) is 12.4. The lowest BCUT2D eigenvalue weighted by Gasteiger charge is -2.16. The Morgan fingerprint density at radius 3 is 2.82 bits per heavy atom. The first-order valence-corrected chi connectivity index (χ1v) is 5.88. The average molecular weight is 297 g/mol. The molecule has 1 unspecified atom stereocenters. The number of benzene rings is 1. The number of nitrogens with two attached hydrogens (primary N) is 1. The summed E-state index contributed by atoms with van der Waals surface area (Å²) in [5.74, 6) is 7.11. The molecule has 3 N–H and O–H groups in total. The predicted molar refractivity (Wildman–Crippen MR) is 68.6 cm³/mol. The van der Waals surface area contributed by atoms with Crippen LogP contribution in [0.15, 0.2) is 45.5 Å². The first-order chi connectivity index (χ1) is 8.26. The zero-order chi connectivity index (χ0) is 12.3. The third-order valence-electron chi connectivity index (χ3n) is 2.51. The molecule has 0 aliphatic rings. The van der Waals surface area contributed by atoms with Crippen LogP contribution in [0.2, 0.25) is 0 Å². The van der Waals surface area contributed by atoms with Crippen molar-refractivity contribution in [3.05, 3.63) is 52.4 Å². The van der Waals surface area contributed by atoms with Crippen LogP contribution < -0.4 is 16.0 Å². The molecule has 90 valence electrons. The van der Waals surface area contributed by atoms with Crippen molar-refractivity contribution < 1.29 is 9.15 Å². The van der Waals surface area contributed by atoms with Crippen LogP contribution in [-0.2, 0) is 0 Å². The number of furan rings is 1. The number of methoxy groups -OCH3 is 1. The highest BCUT2D eigenvalue weighted by molar-refractivity contribution is 9.10. The van der Waals surface area contributed by atoms with E-state index < -0.39 is 0 Å². The Kier molecular flexibility index (Phi) is 3.83. The molecule has 0 spiro atoms. The van der Waals surface area contributed by atoms with Crippen LogP contribution in [0.1, 0.15) is 17.4 Å². The second-order valence-electron chi connectivity index (χ2n) is 3.50. The fourth-order valence-corrected chi connectivity index (χ4v) is 2.13. The Hall–Kier alpha value is -1.30. The molecule has 0 aliphatic carbocycles. The van der Waals surface area contributed by atoms with Crippen LogP contribution in [0.3, 0.4) is 0 Å². The molecule has 1 heterocycles. The molecule has 0 aliphatic heterocycles.